The third-order valence-electron chi connectivity index (χ3n) is 3.62. The van der Waals surface area contributed by atoms with E-state index in [1.807, 2.05) is 12.1 Å². The number of carbonyl (C=O) groups is 1. The predicted molar refractivity (Wildman–Crippen MR) is 87.4 cm³/mol. The Labute approximate surface area is 130 Å². The van der Waals surface area contributed by atoms with E-state index in [1.54, 1.807) is 12.1 Å². The van der Waals surface area contributed by atoms with Crippen molar-refractivity contribution in [3.05, 3.63) is 29.8 Å². The van der Waals surface area contributed by atoms with Crippen LogP contribution in [-0.2, 0) is 9.53 Å². The highest BCUT2D eigenvalue weighted by Crippen LogP contribution is 2.19. The molecule has 0 aliphatic carbocycles. The molecule has 1 heterocycles. The topological polar surface area (TPSA) is 67.6 Å². The Balaban J connectivity index is 2.04. The van der Waals surface area contributed by atoms with E-state index in [4.69, 9.17) is 22.7 Å². The van der Waals surface area contributed by atoms with Crippen molar-refractivity contribution in [3.8, 4) is 0 Å². The molecule has 1 aromatic rings. The fourth-order valence-corrected chi connectivity index (χ4v) is 2.53. The van der Waals surface area contributed by atoms with Gasteiger partial charge in [-0.3, -0.25) is 9.69 Å². The molecule has 3 N–H and O–H groups in total. The van der Waals surface area contributed by atoms with Gasteiger partial charge in [0.25, 0.3) is 0 Å². The molecule has 0 bridgehead atoms. The molecule has 2 rings (SSSR count). The zero-order valence-corrected chi connectivity index (χ0v) is 13.2. The second-order valence-corrected chi connectivity index (χ2v) is 6.18. The summed E-state index contributed by atoms with van der Waals surface area (Å²) < 4.78 is 5.46. The van der Waals surface area contributed by atoms with Gasteiger partial charge in [0.1, 0.15) is 4.99 Å². The molecule has 1 aliphatic heterocycles. The molecule has 1 saturated heterocycles. The molecule has 1 aliphatic rings. The van der Waals surface area contributed by atoms with Crippen molar-refractivity contribution in [3.63, 3.8) is 0 Å². The number of nitrogens with two attached hydrogens (primary N) is 1. The molecule has 21 heavy (non-hydrogen) atoms. The number of ether oxygens (including phenoxy) is 1. The minimum absolute atomic E-state index is 0.0753. The minimum Gasteiger partial charge on any atom is -0.389 e. The van der Waals surface area contributed by atoms with Gasteiger partial charge in [0.2, 0.25) is 5.91 Å². The summed E-state index contributed by atoms with van der Waals surface area (Å²) in [5.74, 6) is -0.0753. The lowest BCUT2D eigenvalue weighted by Gasteiger charge is -2.41. The summed E-state index contributed by atoms with van der Waals surface area (Å²) in [5.41, 5.74) is 6.87. The first-order chi connectivity index (χ1) is 9.90. The van der Waals surface area contributed by atoms with Crippen LogP contribution in [0.1, 0.15) is 19.4 Å². The van der Waals surface area contributed by atoms with Crippen molar-refractivity contribution >= 4 is 28.8 Å². The SMILES string of the molecule is CC1(C)COCCN1CC(=O)Nc1ccccc1C(N)=S. The van der Waals surface area contributed by atoms with Gasteiger partial charge in [-0.25, -0.2) is 0 Å². The van der Waals surface area contributed by atoms with Gasteiger partial charge in [-0.05, 0) is 26.0 Å². The van der Waals surface area contributed by atoms with Gasteiger partial charge >= 0.3 is 0 Å². The molecular weight excluding hydrogens is 286 g/mol. The number of morpholine rings is 1. The summed E-state index contributed by atoms with van der Waals surface area (Å²) in [6, 6.07) is 7.29. The maximum Gasteiger partial charge on any atom is 0.238 e. The predicted octanol–water partition coefficient (Wildman–Crippen LogP) is 1.37. The van der Waals surface area contributed by atoms with Crippen molar-refractivity contribution in [1.82, 2.24) is 4.90 Å². The van der Waals surface area contributed by atoms with E-state index in [9.17, 15) is 4.79 Å². The van der Waals surface area contributed by atoms with Crippen LogP contribution in [0.2, 0.25) is 0 Å². The maximum atomic E-state index is 12.3. The van der Waals surface area contributed by atoms with Crippen molar-refractivity contribution in [2.75, 3.05) is 31.6 Å². The first-order valence-electron chi connectivity index (χ1n) is 6.91. The number of hydrogen-bond acceptors (Lipinski definition) is 4. The van der Waals surface area contributed by atoms with E-state index in [-0.39, 0.29) is 16.4 Å². The number of amides is 1. The van der Waals surface area contributed by atoms with Crippen molar-refractivity contribution < 1.29 is 9.53 Å². The Morgan fingerprint density at radius 2 is 2.19 bits per heavy atom. The fourth-order valence-electron chi connectivity index (χ4n) is 2.35. The van der Waals surface area contributed by atoms with Crippen LogP contribution >= 0.6 is 12.2 Å². The minimum atomic E-state index is -0.141. The van der Waals surface area contributed by atoms with Crippen LogP contribution in [0.25, 0.3) is 0 Å². The molecule has 0 atom stereocenters. The van der Waals surface area contributed by atoms with Gasteiger partial charge in [-0.15, -0.1) is 0 Å². The standard InChI is InChI=1S/C15H21N3O2S/c1-15(2)10-20-8-7-18(15)9-13(19)17-12-6-4-3-5-11(12)14(16)21/h3-6H,7-10H2,1-2H3,(H2,16,21)(H,17,19). The highest BCUT2D eigenvalue weighted by atomic mass is 32.1. The zero-order chi connectivity index (χ0) is 15.5. The summed E-state index contributed by atoms with van der Waals surface area (Å²) >= 11 is 5.00. The average molecular weight is 307 g/mol. The molecular formula is C15H21N3O2S. The Hall–Kier alpha value is -1.50. The third kappa shape index (κ3) is 4.00. The van der Waals surface area contributed by atoms with Crippen molar-refractivity contribution in [2.24, 2.45) is 5.73 Å². The molecule has 0 aromatic heterocycles. The van der Waals surface area contributed by atoms with E-state index in [0.717, 1.165) is 6.54 Å². The van der Waals surface area contributed by atoms with Crippen LogP contribution in [0, 0.1) is 0 Å². The Kier molecular flexibility index (Phi) is 4.92. The quantitative estimate of drug-likeness (QED) is 0.822. The molecule has 1 aromatic carbocycles. The summed E-state index contributed by atoms with van der Waals surface area (Å²) in [6.45, 7) is 6.49. The monoisotopic (exact) mass is 307 g/mol. The smallest absolute Gasteiger partial charge is 0.238 e. The number of hydrogen-bond donors (Lipinski definition) is 2. The second kappa shape index (κ2) is 6.51. The summed E-state index contributed by atoms with van der Waals surface area (Å²) in [4.78, 5) is 14.7. The molecule has 0 saturated carbocycles. The van der Waals surface area contributed by atoms with Crippen LogP contribution in [0.5, 0.6) is 0 Å². The molecule has 1 fully saturated rings. The van der Waals surface area contributed by atoms with E-state index in [1.165, 1.54) is 0 Å². The molecule has 0 spiro atoms. The number of carbonyl (C=O) groups excluding carboxylic acids is 1. The normalized spacial score (nSPS) is 18.2. The van der Waals surface area contributed by atoms with Gasteiger partial charge in [0.05, 0.1) is 25.4 Å². The van der Waals surface area contributed by atoms with Gasteiger partial charge < -0.3 is 15.8 Å². The molecule has 5 nitrogen and oxygen atoms in total. The Morgan fingerprint density at radius 3 is 2.86 bits per heavy atom. The van der Waals surface area contributed by atoms with Crippen LogP contribution < -0.4 is 11.1 Å². The average Bonchev–Trinajstić information content (AvgIpc) is 2.41. The Morgan fingerprint density at radius 1 is 1.48 bits per heavy atom. The number of nitrogens with one attached hydrogen (secondary N) is 1. The number of benzene rings is 1. The molecule has 6 heteroatoms. The molecule has 1 amide bonds. The van der Waals surface area contributed by atoms with E-state index < -0.39 is 0 Å². The highest BCUT2D eigenvalue weighted by molar-refractivity contribution is 7.80. The number of para-hydroxylation sites is 1. The van der Waals surface area contributed by atoms with E-state index in [0.29, 0.717) is 31.0 Å². The number of thiocarbonyl (C=S) groups is 1. The first kappa shape index (κ1) is 15.9. The largest absolute Gasteiger partial charge is 0.389 e. The highest BCUT2D eigenvalue weighted by Gasteiger charge is 2.31. The lowest BCUT2D eigenvalue weighted by Crippen LogP contribution is -2.55. The summed E-state index contributed by atoms with van der Waals surface area (Å²) in [5, 5.41) is 2.89. The van der Waals surface area contributed by atoms with Crippen LogP contribution in [-0.4, -0.2) is 47.6 Å². The Bertz CT molecular complexity index is 545. The second-order valence-electron chi connectivity index (χ2n) is 5.74. The fraction of sp³-hybridized carbons (Fsp3) is 0.467. The van der Waals surface area contributed by atoms with Gasteiger partial charge in [-0.2, -0.15) is 0 Å². The van der Waals surface area contributed by atoms with Crippen LogP contribution in [0.15, 0.2) is 24.3 Å². The van der Waals surface area contributed by atoms with Crippen molar-refractivity contribution in [2.45, 2.75) is 19.4 Å². The first-order valence-corrected chi connectivity index (χ1v) is 7.32. The molecule has 114 valence electrons. The van der Waals surface area contributed by atoms with E-state index >= 15 is 0 Å². The van der Waals surface area contributed by atoms with Gasteiger partial charge in [0, 0.05) is 17.6 Å². The molecule has 0 radical (unpaired) electrons. The van der Waals surface area contributed by atoms with Crippen LogP contribution in [0.4, 0.5) is 5.69 Å². The molecule has 0 unspecified atom stereocenters. The van der Waals surface area contributed by atoms with E-state index in [2.05, 4.69) is 24.1 Å². The summed E-state index contributed by atoms with van der Waals surface area (Å²) in [7, 11) is 0. The van der Waals surface area contributed by atoms with Crippen LogP contribution in [0.3, 0.4) is 0 Å². The lowest BCUT2D eigenvalue weighted by molar-refractivity contribution is -0.122. The van der Waals surface area contributed by atoms with Crippen molar-refractivity contribution in [1.29, 1.82) is 0 Å². The zero-order valence-electron chi connectivity index (χ0n) is 12.4. The third-order valence-corrected chi connectivity index (χ3v) is 3.84. The number of anilines is 1. The van der Waals surface area contributed by atoms with Gasteiger partial charge in [-0.1, -0.05) is 24.4 Å². The lowest BCUT2D eigenvalue weighted by atomic mass is 10.0. The summed E-state index contributed by atoms with van der Waals surface area (Å²) in [6.07, 6.45) is 0. The number of nitrogens with zero attached hydrogens (tertiary/aromatic N) is 1. The number of rotatable bonds is 4. The maximum absolute atomic E-state index is 12.3. The van der Waals surface area contributed by atoms with Gasteiger partial charge in [0.15, 0.2) is 0 Å².